The second-order valence-electron chi connectivity index (χ2n) is 3.67. The van der Waals surface area contributed by atoms with Gasteiger partial charge in [0.05, 0.1) is 11.8 Å². The van der Waals surface area contributed by atoms with Gasteiger partial charge in [-0.1, -0.05) is 0 Å². The number of aryl methyl sites for hydroxylation is 1. The van der Waals surface area contributed by atoms with Gasteiger partial charge in [0.25, 0.3) is 0 Å². The van der Waals surface area contributed by atoms with Crippen molar-refractivity contribution in [2.75, 3.05) is 11.4 Å². The monoisotopic (exact) mass is 228 g/mol. The van der Waals surface area contributed by atoms with E-state index in [2.05, 4.69) is 4.98 Å². The van der Waals surface area contributed by atoms with Crippen LogP contribution >= 0.6 is 11.3 Å². The fourth-order valence-electron chi connectivity index (χ4n) is 1.73. The van der Waals surface area contributed by atoms with E-state index in [0.717, 1.165) is 5.69 Å². The molecule has 2 rings (SSSR count). The summed E-state index contributed by atoms with van der Waals surface area (Å²) >= 11 is 1.41. The summed E-state index contributed by atoms with van der Waals surface area (Å²) < 4.78 is 0. The molecule has 1 aliphatic heterocycles. The number of thiazole rings is 1. The SMILES string of the molecule is Cc1csc(N2CC(O)CC2C(=O)O)n1. The van der Waals surface area contributed by atoms with E-state index < -0.39 is 18.1 Å². The average molecular weight is 228 g/mol. The minimum absolute atomic E-state index is 0.272. The van der Waals surface area contributed by atoms with E-state index in [1.54, 1.807) is 4.90 Å². The van der Waals surface area contributed by atoms with E-state index in [1.165, 1.54) is 11.3 Å². The van der Waals surface area contributed by atoms with Crippen LogP contribution in [0.5, 0.6) is 0 Å². The molecule has 0 aromatic carbocycles. The molecule has 2 N–H and O–H groups in total. The quantitative estimate of drug-likeness (QED) is 0.770. The fraction of sp³-hybridized carbons (Fsp3) is 0.556. The molecule has 1 fully saturated rings. The van der Waals surface area contributed by atoms with Crippen molar-refractivity contribution in [3.63, 3.8) is 0 Å². The number of β-amino-alcohol motifs (C(OH)–C–C–N with tert-alkyl or cyclic N) is 1. The maximum atomic E-state index is 11.0. The Morgan fingerprint density at radius 1 is 1.73 bits per heavy atom. The van der Waals surface area contributed by atoms with Crippen molar-refractivity contribution >= 4 is 22.4 Å². The molecule has 15 heavy (non-hydrogen) atoms. The third-order valence-corrected chi connectivity index (χ3v) is 3.41. The van der Waals surface area contributed by atoms with E-state index in [-0.39, 0.29) is 6.42 Å². The maximum absolute atomic E-state index is 11.0. The molecular weight excluding hydrogens is 216 g/mol. The normalized spacial score (nSPS) is 25.9. The van der Waals surface area contributed by atoms with Crippen LogP contribution in [0, 0.1) is 6.92 Å². The van der Waals surface area contributed by atoms with E-state index in [0.29, 0.717) is 11.7 Å². The number of aliphatic hydroxyl groups excluding tert-OH is 1. The number of nitrogens with zero attached hydrogens (tertiary/aromatic N) is 2. The maximum Gasteiger partial charge on any atom is 0.326 e. The van der Waals surface area contributed by atoms with E-state index >= 15 is 0 Å². The summed E-state index contributed by atoms with van der Waals surface area (Å²) in [6, 6.07) is -0.648. The lowest BCUT2D eigenvalue weighted by molar-refractivity contribution is -0.138. The first-order valence-electron chi connectivity index (χ1n) is 4.67. The predicted octanol–water partition coefficient (Wildman–Crippen LogP) is 0.476. The first-order valence-corrected chi connectivity index (χ1v) is 5.55. The van der Waals surface area contributed by atoms with Crippen molar-refractivity contribution < 1.29 is 15.0 Å². The van der Waals surface area contributed by atoms with Gasteiger partial charge in [0.1, 0.15) is 6.04 Å². The van der Waals surface area contributed by atoms with Crippen LogP contribution < -0.4 is 4.90 Å². The Bertz CT molecular complexity index is 379. The molecule has 0 amide bonds. The molecule has 1 saturated heterocycles. The van der Waals surface area contributed by atoms with Crippen LogP contribution in [0.2, 0.25) is 0 Å². The summed E-state index contributed by atoms with van der Waals surface area (Å²) in [5.41, 5.74) is 0.875. The summed E-state index contributed by atoms with van der Waals surface area (Å²) in [5, 5.41) is 21.0. The van der Waals surface area contributed by atoms with Crippen LogP contribution in [0.3, 0.4) is 0 Å². The van der Waals surface area contributed by atoms with Crippen molar-refractivity contribution in [1.29, 1.82) is 0 Å². The van der Waals surface area contributed by atoms with Crippen LogP contribution in [0.4, 0.5) is 5.13 Å². The highest BCUT2D eigenvalue weighted by molar-refractivity contribution is 7.13. The Morgan fingerprint density at radius 2 is 2.47 bits per heavy atom. The minimum Gasteiger partial charge on any atom is -0.480 e. The lowest BCUT2D eigenvalue weighted by Crippen LogP contribution is -2.35. The molecule has 5 nitrogen and oxygen atoms in total. The fourth-order valence-corrected chi connectivity index (χ4v) is 2.60. The molecule has 0 saturated carbocycles. The summed E-state index contributed by atoms with van der Waals surface area (Å²) in [5.74, 6) is -0.903. The molecule has 0 spiro atoms. The number of carboxylic acid groups (broad SMARTS) is 1. The number of aromatic nitrogens is 1. The highest BCUT2D eigenvalue weighted by Gasteiger charge is 2.37. The Balaban J connectivity index is 2.24. The Labute approximate surface area is 91.0 Å². The highest BCUT2D eigenvalue weighted by Crippen LogP contribution is 2.28. The number of hydrogen-bond acceptors (Lipinski definition) is 5. The summed E-state index contributed by atoms with van der Waals surface area (Å²) in [6.07, 6.45) is -0.302. The van der Waals surface area contributed by atoms with Crippen molar-refractivity contribution in [3.05, 3.63) is 11.1 Å². The van der Waals surface area contributed by atoms with Crippen LogP contribution in [-0.4, -0.2) is 39.9 Å². The molecule has 1 aromatic heterocycles. The Kier molecular flexibility index (Phi) is 2.62. The van der Waals surface area contributed by atoms with Gasteiger partial charge in [-0.15, -0.1) is 11.3 Å². The van der Waals surface area contributed by atoms with Crippen LogP contribution in [-0.2, 0) is 4.79 Å². The number of hydrogen-bond donors (Lipinski definition) is 2. The minimum atomic E-state index is -0.903. The third kappa shape index (κ3) is 1.95. The summed E-state index contributed by atoms with van der Waals surface area (Å²) in [6.45, 7) is 2.21. The summed E-state index contributed by atoms with van der Waals surface area (Å²) in [4.78, 5) is 16.8. The van der Waals surface area contributed by atoms with Gasteiger partial charge in [-0.25, -0.2) is 9.78 Å². The average Bonchev–Trinajstić information content (AvgIpc) is 2.71. The van der Waals surface area contributed by atoms with Crippen LogP contribution in [0.1, 0.15) is 12.1 Å². The Hall–Kier alpha value is -1.14. The topological polar surface area (TPSA) is 73.7 Å². The van der Waals surface area contributed by atoms with Crippen molar-refractivity contribution in [2.24, 2.45) is 0 Å². The van der Waals surface area contributed by atoms with Gasteiger partial charge in [-0.05, 0) is 6.92 Å². The zero-order chi connectivity index (χ0) is 11.0. The van der Waals surface area contributed by atoms with Crippen LogP contribution in [0.15, 0.2) is 5.38 Å². The zero-order valence-corrected chi connectivity index (χ0v) is 9.07. The molecule has 2 atom stereocenters. The number of aliphatic carboxylic acids is 1. The predicted molar refractivity (Wildman–Crippen MR) is 56.2 cm³/mol. The Morgan fingerprint density at radius 3 is 3.00 bits per heavy atom. The number of aliphatic hydroxyl groups is 1. The zero-order valence-electron chi connectivity index (χ0n) is 8.25. The molecule has 82 valence electrons. The van der Waals surface area contributed by atoms with Gasteiger partial charge in [0.15, 0.2) is 5.13 Å². The van der Waals surface area contributed by atoms with E-state index in [1.807, 2.05) is 12.3 Å². The van der Waals surface area contributed by atoms with Gasteiger partial charge < -0.3 is 15.1 Å². The van der Waals surface area contributed by atoms with Gasteiger partial charge in [0.2, 0.25) is 0 Å². The lowest BCUT2D eigenvalue weighted by atomic mass is 10.2. The summed E-state index contributed by atoms with van der Waals surface area (Å²) in [7, 11) is 0. The molecule has 1 aliphatic rings. The van der Waals surface area contributed by atoms with E-state index in [9.17, 15) is 9.90 Å². The first kappa shape index (κ1) is 10.4. The number of anilines is 1. The molecule has 2 unspecified atom stereocenters. The van der Waals surface area contributed by atoms with Crippen molar-refractivity contribution in [2.45, 2.75) is 25.5 Å². The van der Waals surface area contributed by atoms with Crippen molar-refractivity contribution in [3.8, 4) is 0 Å². The number of carboxylic acids is 1. The van der Waals surface area contributed by atoms with Gasteiger partial charge in [0, 0.05) is 18.3 Å². The molecule has 6 heteroatoms. The van der Waals surface area contributed by atoms with Crippen LogP contribution in [0.25, 0.3) is 0 Å². The number of carbonyl (C=O) groups is 1. The van der Waals surface area contributed by atoms with E-state index in [4.69, 9.17) is 5.11 Å². The molecule has 2 heterocycles. The van der Waals surface area contributed by atoms with Crippen molar-refractivity contribution in [1.82, 2.24) is 4.98 Å². The molecule has 0 bridgehead atoms. The lowest BCUT2D eigenvalue weighted by Gasteiger charge is -2.19. The van der Waals surface area contributed by atoms with Gasteiger partial charge >= 0.3 is 5.97 Å². The molecule has 0 aliphatic carbocycles. The molecular formula is C9H12N2O3S. The largest absolute Gasteiger partial charge is 0.480 e. The smallest absolute Gasteiger partial charge is 0.326 e. The number of rotatable bonds is 2. The molecule has 1 aromatic rings. The third-order valence-electron chi connectivity index (χ3n) is 2.42. The standard InChI is InChI=1S/C9H12N2O3S/c1-5-4-15-9(10-5)11-3-6(12)2-7(11)8(13)14/h4,6-7,12H,2-3H2,1H3,(H,13,14). The second-order valence-corrected chi connectivity index (χ2v) is 4.50. The molecule has 0 radical (unpaired) electrons. The highest BCUT2D eigenvalue weighted by atomic mass is 32.1. The van der Waals surface area contributed by atoms with Gasteiger partial charge in [-0.3, -0.25) is 0 Å². The van der Waals surface area contributed by atoms with Gasteiger partial charge in [-0.2, -0.15) is 0 Å². The first-order chi connectivity index (χ1) is 7.08. The second kappa shape index (κ2) is 3.79.